The second-order valence-corrected chi connectivity index (χ2v) is 6.19. The average Bonchev–Trinajstić information content (AvgIpc) is 2.57. The summed E-state index contributed by atoms with van der Waals surface area (Å²) in [6.45, 7) is 0.606. The summed E-state index contributed by atoms with van der Waals surface area (Å²) in [5, 5.41) is 7.24. The summed E-state index contributed by atoms with van der Waals surface area (Å²) in [6, 6.07) is 17.5. The largest absolute Gasteiger partial charge is 0.366 e. The van der Waals surface area contributed by atoms with Crippen molar-refractivity contribution in [2.75, 3.05) is 10.6 Å². The van der Waals surface area contributed by atoms with Crippen LogP contribution in [-0.2, 0) is 6.54 Å². The zero-order valence-corrected chi connectivity index (χ0v) is 14.5. The van der Waals surface area contributed by atoms with Gasteiger partial charge in [0, 0.05) is 27.8 Å². The third kappa shape index (κ3) is 4.43. The minimum absolute atomic E-state index is 0.606. The van der Waals surface area contributed by atoms with E-state index < -0.39 is 0 Å². The molecule has 3 rings (SSSR count). The predicted molar refractivity (Wildman–Crippen MR) is 98.2 cm³/mol. The first-order chi connectivity index (χ1) is 11.2. The monoisotopic (exact) mass is 388 g/mol. The molecule has 2 aromatic carbocycles. The number of aromatic nitrogens is 2. The van der Waals surface area contributed by atoms with Crippen LogP contribution in [0.1, 0.15) is 5.56 Å². The van der Waals surface area contributed by atoms with E-state index in [1.165, 1.54) is 6.33 Å². The summed E-state index contributed by atoms with van der Waals surface area (Å²) in [5.74, 6) is 1.46. The standard InChI is InChI=1S/C17H14BrClN4/c18-13-5-7-14(8-6-13)23-17-9-16(21-11-22-17)20-10-12-3-1-2-4-15(12)19/h1-9,11H,10H2,(H2,20,21,22,23). The van der Waals surface area contributed by atoms with Crippen molar-refractivity contribution in [2.24, 2.45) is 0 Å². The molecular weight excluding hydrogens is 376 g/mol. The summed E-state index contributed by atoms with van der Waals surface area (Å²) < 4.78 is 1.04. The Balaban J connectivity index is 1.67. The molecule has 0 aliphatic heterocycles. The van der Waals surface area contributed by atoms with E-state index in [0.29, 0.717) is 6.54 Å². The zero-order valence-electron chi connectivity index (χ0n) is 12.1. The van der Waals surface area contributed by atoms with Crippen LogP contribution < -0.4 is 10.6 Å². The molecule has 1 heterocycles. The second kappa shape index (κ2) is 7.44. The number of halogens is 2. The first-order valence-electron chi connectivity index (χ1n) is 7.02. The van der Waals surface area contributed by atoms with Gasteiger partial charge in [0.1, 0.15) is 18.0 Å². The highest BCUT2D eigenvalue weighted by atomic mass is 79.9. The van der Waals surface area contributed by atoms with E-state index >= 15 is 0 Å². The van der Waals surface area contributed by atoms with Crippen molar-refractivity contribution in [3.05, 3.63) is 76.0 Å². The molecule has 0 saturated heterocycles. The number of nitrogens with one attached hydrogen (secondary N) is 2. The van der Waals surface area contributed by atoms with Gasteiger partial charge < -0.3 is 10.6 Å². The van der Waals surface area contributed by atoms with Gasteiger partial charge in [-0.3, -0.25) is 0 Å². The summed E-state index contributed by atoms with van der Waals surface area (Å²) in [7, 11) is 0. The Morgan fingerprint density at radius 1 is 0.957 bits per heavy atom. The molecule has 0 spiro atoms. The van der Waals surface area contributed by atoms with Gasteiger partial charge in [-0.1, -0.05) is 45.7 Å². The van der Waals surface area contributed by atoms with Gasteiger partial charge in [-0.25, -0.2) is 9.97 Å². The van der Waals surface area contributed by atoms with Crippen molar-refractivity contribution in [2.45, 2.75) is 6.54 Å². The lowest BCUT2D eigenvalue weighted by Gasteiger charge is -2.09. The fourth-order valence-corrected chi connectivity index (χ4v) is 2.50. The van der Waals surface area contributed by atoms with Gasteiger partial charge in [0.15, 0.2) is 0 Å². The smallest absolute Gasteiger partial charge is 0.135 e. The van der Waals surface area contributed by atoms with Crippen LogP contribution in [0.3, 0.4) is 0 Å². The van der Waals surface area contributed by atoms with Crippen molar-refractivity contribution >= 4 is 44.9 Å². The second-order valence-electron chi connectivity index (χ2n) is 4.87. The third-order valence-electron chi connectivity index (χ3n) is 3.20. The number of benzene rings is 2. The molecule has 0 radical (unpaired) electrons. The van der Waals surface area contributed by atoms with E-state index in [1.807, 2.05) is 54.6 Å². The SMILES string of the molecule is Clc1ccccc1CNc1cc(Nc2ccc(Br)cc2)ncn1. The van der Waals surface area contributed by atoms with E-state index in [1.54, 1.807) is 0 Å². The van der Waals surface area contributed by atoms with Gasteiger partial charge in [-0.05, 0) is 35.9 Å². The number of anilines is 3. The Kier molecular flexibility index (Phi) is 5.10. The van der Waals surface area contributed by atoms with Crippen LogP contribution in [0.2, 0.25) is 5.02 Å². The van der Waals surface area contributed by atoms with Gasteiger partial charge >= 0.3 is 0 Å². The van der Waals surface area contributed by atoms with Gasteiger partial charge in [0.25, 0.3) is 0 Å². The van der Waals surface area contributed by atoms with Gasteiger partial charge in [-0.15, -0.1) is 0 Å². The Morgan fingerprint density at radius 2 is 1.70 bits per heavy atom. The van der Waals surface area contributed by atoms with E-state index in [9.17, 15) is 0 Å². The molecule has 0 unspecified atom stereocenters. The molecule has 116 valence electrons. The molecule has 0 aliphatic rings. The molecule has 4 nitrogen and oxygen atoms in total. The van der Waals surface area contributed by atoms with E-state index in [4.69, 9.17) is 11.6 Å². The number of hydrogen-bond acceptors (Lipinski definition) is 4. The molecule has 3 aromatic rings. The molecule has 6 heteroatoms. The molecular formula is C17H14BrClN4. The van der Waals surface area contributed by atoms with Crippen molar-refractivity contribution in [3.63, 3.8) is 0 Å². The van der Waals surface area contributed by atoms with Crippen LogP contribution in [0.25, 0.3) is 0 Å². The van der Waals surface area contributed by atoms with Crippen molar-refractivity contribution in [3.8, 4) is 0 Å². The molecule has 0 saturated carbocycles. The Morgan fingerprint density at radius 3 is 2.48 bits per heavy atom. The fourth-order valence-electron chi connectivity index (χ4n) is 2.03. The number of nitrogens with zero attached hydrogens (tertiary/aromatic N) is 2. The lowest BCUT2D eigenvalue weighted by molar-refractivity contribution is 1.08. The maximum atomic E-state index is 6.15. The molecule has 0 fully saturated rings. The topological polar surface area (TPSA) is 49.8 Å². The van der Waals surface area contributed by atoms with E-state index in [0.717, 1.165) is 32.4 Å². The summed E-state index contributed by atoms with van der Waals surface area (Å²) in [4.78, 5) is 8.46. The molecule has 1 aromatic heterocycles. The third-order valence-corrected chi connectivity index (χ3v) is 4.10. The Bertz CT molecular complexity index is 793. The van der Waals surface area contributed by atoms with Crippen molar-refractivity contribution in [1.29, 1.82) is 0 Å². The van der Waals surface area contributed by atoms with Gasteiger partial charge in [0.05, 0.1) is 0 Å². The lowest BCUT2D eigenvalue weighted by atomic mass is 10.2. The minimum atomic E-state index is 0.606. The number of hydrogen-bond donors (Lipinski definition) is 2. The predicted octanol–water partition coefficient (Wildman–Crippen LogP) is 5.25. The summed E-state index contributed by atoms with van der Waals surface area (Å²) in [5.41, 5.74) is 1.99. The molecule has 23 heavy (non-hydrogen) atoms. The highest BCUT2D eigenvalue weighted by Gasteiger charge is 2.02. The van der Waals surface area contributed by atoms with Crippen LogP contribution in [0.15, 0.2) is 65.4 Å². The average molecular weight is 390 g/mol. The molecule has 0 bridgehead atoms. The van der Waals surface area contributed by atoms with Crippen LogP contribution in [0.5, 0.6) is 0 Å². The molecule has 0 amide bonds. The van der Waals surface area contributed by atoms with E-state index in [-0.39, 0.29) is 0 Å². The fraction of sp³-hybridized carbons (Fsp3) is 0.0588. The molecule has 2 N–H and O–H groups in total. The van der Waals surface area contributed by atoms with Crippen LogP contribution >= 0.6 is 27.5 Å². The first kappa shape index (κ1) is 15.8. The molecule has 0 aliphatic carbocycles. The van der Waals surface area contributed by atoms with Gasteiger partial charge in [-0.2, -0.15) is 0 Å². The normalized spacial score (nSPS) is 10.3. The van der Waals surface area contributed by atoms with Gasteiger partial charge in [0.2, 0.25) is 0 Å². The van der Waals surface area contributed by atoms with Crippen LogP contribution in [0.4, 0.5) is 17.3 Å². The maximum Gasteiger partial charge on any atom is 0.135 e. The van der Waals surface area contributed by atoms with Crippen molar-refractivity contribution in [1.82, 2.24) is 9.97 Å². The quantitative estimate of drug-likeness (QED) is 0.626. The lowest BCUT2D eigenvalue weighted by Crippen LogP contribution is -2.03. The maximum absolute atomic E-state index is 6.15. The molecule has 0 atom stereocenters. The van der Waals surface area contributed by atoms with E-state index in [2.05, 4.69) is 36.5 Å². The number of rotatable bonds is 5. The summed E-state index contributed by atoms with van der Waals surface area (Å²) >= 11 is 9.57. The van der Waals surface area contributed by atoms with Crippen LogP contribution in [-0.4, -0.2) is 9.97 Å². The van der Waals surface area contributed by atoms with Crippen molar-refractivity contribution < 1.29 is 0 Å². The highest BCUT2D eigenvalue weighted by Crippen LogP contribution is 2.20. The zero-order chi connectivity index (χ0) is 16.1. The van der Waals surface area contributed by atoms with Crippen LogP contribution in [0, 0.1) is 0 Å². The minimum Gasteiger partial charge on any atom is -0.366 e. The Labute approximate surface area is 148 Å². The Hall–Kier alpha value is -2.11. The highest BCUT2D eigenvalue weighted by molar-refractivity contribution is 9.10. The summed E-state index contributed by atoms with van der Waals surface area (Å²) in [6.07, 6.45) is 1.52. The first-order valence-corrected chi connectivity index (χ1v) is 8.20.